The van der Waals surface area contributed by atoms with Crippen LogP contribution in [0.4, 0.5) is 0 Å². The smallest absolute Gasteiger partial charge is 0.221 e. The van der Waals surface area contributed by atoms with Gasteiger partial charge >= 0.3 is 0 Å². The average molecular weight is 370 g/mol. The molecule has 1 atom stereocenters. The number of hydrogen-bond donors (Lipinski definition) is 2. The lowest BCUT2D eigenvalue weighted by Crippen LogP contribution is -2.28. The second-order valence-electron chi connectivity index (χ2n) is 6.13. The van der Waals surface area contributed by atoms with E-state index in [1.807, 2.05) is 48.7 Å². The summed E-state index contributed by atoms with van der Waals surface area (Å²) in [6.07, 6.45) is 2.93. The van der Waals surface area contributed by atoms with Crippen molar-refractivity contribution in [2.75, 3.05) is 6.61 Å². The highest BCUT2D eigenvalue weighted by Crippen LogP contribution is 2.23. The van der Waals surface area contributed by atoms with Crippen molar-refractivity contribution < 1.29 is 14.3 Å². The fourth-order valence-electron chi connectivity index (χ4n) is 2.67. The van der Waals surface area contributed by atoms with E-state index in [1.165, 1.54) is 5.56 Å². The van der Waals surface area contributed by atoms with Gasteiger partial charge in [0.05, 0.1) is 12.2 Å². The van der Waals surface area contributed by atoms with Gasteiger partial charge < -0.3 is 14.8 Å². The number of aromatic nitrogens is 1. The highest BCUT2D eigenvalue weighted by Gasteiger charge is 2.16. The SMILES string of the molecule is Cc1ccc(-c2cnc(CCC(=O)NC(CCO)c3cccs3)o2)cc1. The molecule has 0 saturated heterocycles. The Bertz CT molecular complexity index is 825. The number of amides is 1. The molecule has 1 aromatic carbocycles. The first-order valence-electron chi connectivity index (χ1n) is 8.61. The van der Waals surface area contributed by atoms with E-state index in [9.17, 15) is 9.90 Å². The van der Waals surface area contributed by atoms with Gasteiger partial charge in [-0.1, -0.05) is 35.9 Å². The summed E-state index contributed by atoms with van der Waals surface area (Å²) in [6.45, 7) is 2.07. The lowest BCUT2D eigenvalue weighted by atomic mass is 10.1. The molecule has 2 N–H and O–H groups in total. The number of aryl methyl sites for hydroxylation is 2. The number of aliphatic hydroxyl groups is 1. The number of aliphatic hydroxyl groups excluding tert-OH is 1. The molecule has 3 rings (SSSR count). The number of thiophene rings is 1. The highest BCUT2D eigenvalue weighted by atomic mass is 32.1. The molecule has 0 aliphatic rings. The molecular formula is C20H22N2O3S. The summed E-state index contributed by atoms with van der Waals surface area (Å²) in [5, 5.41) is 14.2. The fourth-order valence-corrected chi connectivity index (χ4v) is 3.48. The van der Waals surface area contributed by atoms with Crippen molar-refractivity contribution in [2.45, 2.75) is 32.2 Å². The van der Waals surface area contributed by atoms with Crippen LogP contribution >= 0.6 is 11.3 Å². The molecule has 1 amide bonds. The maximum absolute atomic E-state index is 12.3. The molecule has 0 spiro atoms. The first-order valence-corrected chi connectivity index (χ1v) is 9.49. The fraction of sp³-hybridized carbons (Fsp3) is 0.300. The summed E-state index contributed by atoms with van der Waals surface area (Å²) in [6, 6.07) is 11.8. The van der Waals surface area contributed by atoms with Gasteiger partial charge in [0.25, 0.3) is 0 Å². The van der Waals surface area contributed by atoms with E-state index < -0.39 is 0 Å². The Morgan fingerprint density at radius 3 is 2.81 bits per heavy atom. The van der Waals surface area contributed by atoms with E-state index in [0.29, 0.717) is 30.9 Å². The maximum atomic E-state index is 12.3. The second-order valence-corrected chi connectivity index (χ2v) is 7.11. The van der Waals surface area contributed by atoms with Gasteiger partial charge in [-0.05, 0) is 24.8 Å². The zero-order chi connectivity index (χ0) is 18.4. The van der Waals surface area contributed by atoms with Crippen LogP contribution in [-0.4, -0.2) is 22.6 Å². The van der Waals surface area contributed by atoms with Crippen LogP contribution in [0.2, 0.25) is 0 Å². The lowest BCUT2D eigenvalue weighted by Gasteiger charge is -2.16. The number of rotatable bonds is 8. The minimum atomic E-state index is -0.153. The van der Waals surface area contributed by atoms with Crippen LogP contribution in [0.25, 0.3) is 11.3 Å². The Kier molecular flexibility index (Phi) is 6.20. The van der Waals surface area contributed by atoms with Crippen molar-refractivity contribution in [3.63, 3.8) is 0 Å². The van der Waals surface area contributed by atoms with Crippen LogP contribution in [0.5, 0.6) is 0 Å². The molecule has 26 heavy (non-hydrogen) atoms. The van der Waals surface area contributed by atoms with Gasteiger partial charge in [-0.2, -0.15) is 0 Å². The largest absolute Gasteiger partial charge is 0.441 e. The predicted octanol–water partition coefficient (Wildman–Crippen LogP) is 3.88. The second kappa shape index (κ2) is 8.78. The summed E-state index contributed by atoms with van der Waals surface area (Å²) >= 11 is 1.57. The summed E-state index contributed by atoms with van der Waals surface area (Å²) in [5.41, 5.74) is 2.16. The predicted molar refractivity (Wildman–Crippen MR) is 102 cm³/mol. The number of oxazole rings is 1. The Labute approximate surface area is 156 Å². The number of nitrogens with one attached hydrogen (secondary N) is 1. The van der Waals surface area contributed by atoms with Crippen molar-refractivity contribution >= 4 is 17.2 Å². The third-order valence-electron chi connectivity index (χ3n) is 4.10. The zero-order valence-electron chi connectivity index (χ0n) is 14.6. The van der Waals surface area contributed by atoms with Crippen LogP contribution in [0.15, 0.2) is 52.4 Å². The van der Waals surface area contributed by atoms with E-state index in [-0.39, 0.29) is 18.6 Å². The van der Waals surface area contributed by atoms with Crippen molar-refractivity contribution in [3.8, 4) is 11.3 Å². The lowest BCUT2D eigenvalue weighted by molar-refractivity contribution is -0.122. The van der Waals surface area contributed by atoms with Gasteiger partial charge in [0.1, 0.15) is 0 Å². The average Bonchev–Trinajstić information content (AvgIpc) is 3.32. The topological polar surface area (TPSA) is 75.4 Å². The molecule has 0 saturated carbocycles. The first kappa shape index (κ1) is 18.4. The Morgan fingerprint density at radius 2 is 2.12 bits per heavy atom. The Hall–Kier alpha value is -2.44. The summed E-state index contributed by atoms with van der Waals surface area (Å²) in [7, 11) is 0. The van der Waals surface area contributed by atoms with Gasteiger partial charge in [-0.3, -0.25) is 4.79 Å². The molecule has 0 aliphatic heterocycles. The molecule has 0 bridgehead atoms. The van der Waals surface area contributed by atoms with Crippen LogP contribution in [0.3, 0.4) is 0 Å². The molecule has 136 valence electrons. The number of benzene rings is 1. The first-order chi connectivity index (χ1) is 12.7. The van der Waals surface area contributed by atoms with E-state index in [4.69, 9.17) is 4.42 Å². The van der Waals surface area contributed by atoms with Gasteiger partial charge in [0.2, 0.25) is 5.91 Å². The molecule has 3 aromatic rings. The number of hydrogen-bond acceptors (Lipinski definition) is 5. The number of carbonyl (C=O) groups excluding carboxylic acids is 1. The van der Waals surface area contributed by atoms with Crippen LogP contribution in [-0.2, 0) is 11.2 Å². The van der Waals surface area contributed by atoms with Crippen molar-refractivity contribution in [1.29, 1.82) is 0 Å². The molecule has 0 aliphatic carbocycles. The minimum Gasteiger partial charge on any atom is -0.441 e. The van der Waals surface area contributed by atoms with Crippen LogP contribution in [0.1, 0.15) is 35.2 Å². The maximum Gasteiger partial charge on any atom is 0.221 e. The van der Waals surface area contributed by atoms with Crippen molar-refractivity contribution in [2.24, 2.45) is 0 Å². The normalized spacial score (nSPS) is 12.1. The van der Waals surface area contributed by atoms with E-state index in [1.54, 1.807) is 17.5 Å². The molecule has 2 aromatic heterocycles. The van der Waals surface area contributed by atoms with Gasteiger partial charge in [-0.25, -0.2) is 4.98 Å². The van der Waals surface area contributed by atoms with E-state index in [0.717, 1.165) is 10.4 Å². The standard InChI is InChI=1S/C20H22N2O3S/c1-14-4-6-15(7-5-14)17-13-21-20(25-17)9-8-19(24)22-16(10-11-23)18-3-2-12-26-18/h2-7,12-13,16,23H,8-11H2,1H3,(H,22,24). The molecule has 5 nitrogen and oxygen atoms in total. The molecule has 0 fully saturated rings. The number of nitrogens with zero attached hydrogens (tertiary/aromatic N) is 1. The highest BCUT2D eigenvalue weighted by molar-refractivity contribution is 7.10. The molecule has 0 radical (unpaired) electrons. The summed E-state index contributed by atoms with van der Waals surface area (Å²) in [5.74, 6) is 1.18. The number of carbonyl (C=O) groups is 1. The Morgan fingerprint density at radius 1 is 1.31 bits per heavy atom. The van der Waals surface area contributed by atoms with Crippen molar-refractivity contribution in [3.05, 3.63) is 64.3 Å². The van der Waals surface area contributed by atoms with E-state index in [2.05, 4.69) is 10.3 Å². The van der Waals surface area contributed by atoms with Crippen LogP contribution < -0.4 is 5.32 Å². The van der Waals surface area contributed by atoms with Gasteiger partial charge in [0, 0.05) is 29.9 Å². The molecule has 6 heteroatoms. The van der Waals surface area contributed by atoms with Gasteiger partial charge in [0.15, 0.2) is 11.7 Å². The molecule has 2 heterocycles. The van der Waals surface area contributed by atoms with Crippen LogP contribution in [0, 0.1) is 6.92 Å². The monoisotopic (exact) mass is 370 g/mol. The van der Waals surface area contributed by atoms with E-state index >= 15 is 0 Å². The minimum absolute atomic E-state index is 0.0303. The third kappa shape index (κ3) is 4.80. The van der Waals surface area contributed by atoms with Gasteiger partial charge in [-0.15, -0.1) is 11.3 Å². The zero-order valence-corrected chi connectivity index (χ0v) is 15.5. The quantitative estimate of drug-likeness (QED) is 0.631. The summed E-state index contributed by atoms with van der Waals surface area (Å²) < 4.78 is 5.76. The molecule has 1 unspecified atom stereocenters. The third-order valence-corrected chi connectivity index (χ3v) is 5.08. The summed E-state index contributed by atoms with van der Waals surface area (Å²) in [4.78, 5) is 17.6. The van der Waals surface area contributed by atoms with Crippen molar-refractivity contribution in [1.82, 2.24) is 10.3 Å². The molecular weight excluding hydrogens is 348 g/mol. The Balaban J connectivity index is 1.55.